The standard InChI is InChI=1S/C20H22F6N4O4/c21-19(22,23)17(20(24,25)26)34-18(31)30-9-5-14(6-10-30)32-12-1-3-13(4-2-12)33-16-15(11-27)28-7-8-29-16/h7-8,12-14,17H,1-6,9-10H2/t12-,13-. The van der Waals surface area contributed by atoms with Crippen molar-refractivity contribution in [2.75, 3.05) is 13.1 Å². The highest BCUT2D eigenvalue weighted by Crippen LogP contribution is 2.36. The number of carbonyl (C=O) groups is 1. The Balaban J connectivity index is 1.41. The molecule has 1 amide bonds. The maximum Gasteiger partial charge on any atom is 0.434 e. The van der Waals surface area contributed by atoms with Crippen molar-refractivity contribution in [2.24, 2.45) is 0 Å². The Hall–Kier alpha value is -2.82. The lowest BCUT2D eigenvalue weighted by atomic mass is 9.94. The van der Waals surface area contributed by atoms with Gasteiger partial charge in [-0.25, -0.2) is 14.8 Å². The van der Waals surface area contributed by atoms with Crippen LogP contribution in [-0.2, 0) is 9.47 Å². The van der Waals surface area contributed by atoms with Crippen LogP contribution in [0.25, 0.3) is 0 Å². The molecule has 0 atom stereocenters. The molecule has 3 rings (SSSR count). The van der Waals surface area contributed by atoms with Crippen molar-refractivity contribution in [1.82, 2.24) is 14.9 Å². The number of halogens is 6. The molecule has 0 aromatic carbocycles. The van der Waals surface area contributed by atoms with Gasteiger partial charge in [0.25, 0.3) is 12.0 Å². The van der Waals surface area contributed by atoms with Crippen LogP contribution < -0.4 is 4.74 Å². The van der Waals surface area contributed by atoms with Crippen LogP contribution in [0, 0.1) is 11.3 Å². The van der Waals surface area contributed by atoms with Gasteiger partial charge >= 0.3 is 18.4 Å². The fourth-order valence-electron chi connectivity index (χ4n) is 3.87. The molecular weight excluding hydrogens is 474 g/mol. The first-order valence-electron chi connectivity index (χ1n) is 10.6. The number of hydrogen-bond donors (Lipinski definition) is 0. The Bertz CT molecular complexity index is 861. The Morgan fingerprint density at radius 3 is 2.03 bits per heavy atom. The van der Waals surface area contributed by atoms with Gasteiger partial charge in [0.2, 0.25) is 5.69 Å². The number of aromatic nitrogens is 2. The zero-order valence-electron chi connectivity index (χ0n) is 17.8. The summed E-state index contributed by atoms with van der Waals surface area (Å²) in [4.78, 5) is 20.6. The van der Waals surface area contributed by atoms with Gasteiger partial charge in [-0.15, -0.1) is 0 Å². The number of ether oxygens (including phenoxy) is 3. The molecule has 34 heavy (non-hydrogen) atoms. The summed E-state index contributed by atoms with van der Waals surface area (Å²) < 4.78 is 91.0. The van der Waals surface area contributed by atoms with Gasteiger partial charge in [-0.05, 0) is 38.5 Å². The van der Waals surface area contributed by atoms with E-state index in [-0.39, 0.29) is 55.8 Å². The third kappa shape index (κ3) is 6.85. The highest BCUT2D eigenvalue weighted by molar-refractivity contribution is 5.68. The van der Waals surface area contributed by atoms with Crippen LogP contribution >= 0.6 is 0 Å². The van der Waals surface area contributed by atoms with E-state index in [9.17, 15) is 31.1 Å². The molecule has 1 aliphatic carbocycles. The lowest BCUT2D eigenvalue weighted by Crippen LogP contribution is -2.50. The SMILES string of the molecule is N#Cc1nccnc1O[C@H]1CC[C@H](OC2CCN(C(=O)OC(C(F)(F)F)C(F)(F)F)CC2)CC1. The average molecular weight is 496 g/mol. The topological polar surface area (TPSA) is 97.6 Å². The number of likely N-dealkylation sites (tertiary alicyclic amines) is 1. The van der Waals surface area contributed by atoms with Crippen LogP contribution in [0.4, 0.5) is 31.1 Å². The van der Waals surface area contributed by atoms with Gasteiger partial charge in [0.05, 0.1) is 12.2 Å². The molecular formula is C20H22F6N4O4. The van der Waals surface area contributed by atoms with Crippen molar-refractivity contribution in [3.05, 3.63) is 18.1 Å². The van der Waals surface area contributed by atoms with Crippen molar-refractivity contribution in [2.45, 2.75) is 75.3 Å². The van der Waals surface area contributed by atoms with Gasteiger partial charge < -0.3 is 19.1 Å². The van der Waals surface area contributed by atoms with Gasteiger partial charge in [0.1, 0.15) is 12.2 Å². The summed E-state index contributed by atoms with van der Waals surface area (Å²) in [7, 11) is 0. The molecule has 0 radical (unpaired) electrons. The fourth-order valence-corrected chi connectivity index (χ4v) is 3.87. The van der Waals surface area contributed by atoms with E-state index < -0.39 is 24.5 Å². The minimum atomic E-state index is -5.75. The summed E-state index contributed by atoms with van der Waals surface area (Å²) in [5.41, 5.74) is 0.1000. The monoisotopic (exact) mass is 496 g/mol. The zero-order valence-corrected chi connectivity index (χ0v) is 17.8. The molecule has 2 heterocycles. The van der Waals surface area contributed by atoms with E-state index in [0.29, 0.717) is 25.7 Å². The van der Waals surface area contributed by atoms with Gasteiger partial charge in [-0.1, -0.05) is 0 Å². The summed E-state index contributed by atoms with van der Waals surface area (Å²) in [6.07, 6.45) is -11.9. The third-order valence-electron chi connectivity index (χ3n) is 5.57. The molecule has 1 aromatic heterocycles. The van der Waals surface area contributed by atoms with E-state index in [1.54, 1.807) is 0 Å². The maximum atomic E-state index is 12.6. The minimum absolute atomic E-state index is 0.0754. The molecule has 0 unspecified atom stereocenters. The highest BCUT2D eigenvalue weighted by atomic mass is 19.4. The second-order valence-corrected chi connectivity index (χ2v) is 8.01. The van der Waals surface area contributed by atoms with Crippen LogP contribution in [0.1, 0.15) is 44.2 Å². The molecule has 0 spiro atoms. The number of nitriles is 1. The molecule has 0 bridgehead atoms. The molecule has 1 aliphatic heterocycles. The predicted octanol–water partition coefficient (Wildman–Crippen LogP) is 4.15. The molecule has 1 saturated carbocycles. The summed E-state index contributed by atoms with van der Waals surface area (Å²) >= 11 is 0. The normalized spacial score (nSPS) is 22.4. The number of nitrogens with zero attached hydrogens (tertiary/aromatic N) is 4. The quantitative estimate of drug-likeness (QED) is 0.565. The number of carbonyl (C=O) groups excluding carboxylic acids is 1. The largest absolute Gasteiger partial charge is 0.472 e. The smallest absolute Gasteiger partial charge is 0.434 e. The lowest BCUT2D eigenvalue weighted by molar-refractivity contribution is -0.308. The molecule has 1 aromatic rings. The van der Waals surface area contributed by atoms with Crippen molar-refractivity contribution in [1.29, 1.82) is 5.26 Å². The van der Waals surface area contributed by atoms with E-state index in [1.165, 1.54) is 12.4 Å². The lowest BCUT2D eigenvalue weighted by Gasteiger charge is -2.36. The maximum absolute atomic E-state index is 12.6. The van der Waals surface area contributed by atoms with Crippen LogP contribution in [0.5, 0.6) is 5.88 Å². The number of piperidine rings is 1. The number of amides is 1. The number of hydrogen-bond acceptors (Lipinski definition) is 7. The van der Waals surface area contributed by atoms with Crippen LogP contribution in [0.2, 0.25) is 0 Å². The van der Waals surface area contributed by atoms with Gasteiger partial charge in [0.15, 0.2) is 0 Å². The van der Waals surface area contributed by atoms with Crippen LogP contribution in [0.15, 0.2) is 12.4 Å². The molecule has 8 nitrogen and oxygen atoms in total. The van der Waals surface area contributed by atoms with E-state index in [1.807, 2.05) is 6.07 Å². The van der Waals surface area contributed by atoms with Crippen molar-refractivity contribution in [3.8, 4) is 11.9 Å². The van der Waals surface area contributed by atoms with Gasteiger partial charge in [-0.3, -0.25) is 0 Å². The van der Waals surface area contributed by atoms with Crippen LogP contribution in [0.3, 0.4) is 0 Å². The molecule has 14 heteroatoms. The van der Waals surface area contributed by atoms with E-state index in [2.05, 4.69) is 14.7 Å². The van der Waals surface area contributed by atoms with Crippen LogP contribution in [-0.4, -0.2) is 70.8 Å². The first-order valence-corrected chi connectivity index (χ1v) is 10.6. The predicted molar refractivity (Wildman–Crippen MR) is 101 cm³/mol. The second-order valence-electron chi connectivity index (χ2n) is 8.01. The Morgan fingerprint density at radius 1 is 0.941 bits per heavy atom. The summed E-state index contributed by atoms with van der Waals surface area (Å²) in [5.74, 6) is 0.173. The minimum Gasteiger partial charge on any atom is -0.472 e. The van der Waals surface area contributed by atoms with E-state index in [0.717, 1.165) is 4.90 Å². The Morgan fingerprint density at radius 2 is 1.47 bits per heavy atom. The number of rotatable bonds is 5. The van der Waals surface area contributed by atoms with E-state index in [4.69, 9.17) is 14.7 Å². The molecule has 188 valence electrons. The first-order chi connectivity index (χ1) is 16.0. The fraction of sp³-hybridized carbons (Fsp3) is 0.700. The molecule has 2 fully saturated rings. The van der Waals surface area contributed by atoms with Crippen molar-refractivity contribution < 1.29 is 45.3 Å². The molecule has 2 aliphatic rings. The second kappa shape index (κ2) is 10.6. The Kier molecular flexibility index (Phi) is 8.06. The molecule has 0 N–H and O–H groups in total. The first kappa shape index (κ1) is 25.8. The van der Waals surface area contributed by atoms with Gasteiger partial charge in [-0.2, -0.15) is 31.6 Å². The zero-order chi connectivity index (χ0) is 24.9. The van der Waals surface area contributed by atoms with E-state index >= 15 is 0 Å². The van der Waals surface area contributed by atoms with Crippen molar-refractivity contribution >= 4 is 6.09 Å². The van der Waals surface area contributed by atoms with Crippen molar-refractivity contribution in [3.63, 3.8) is 0 Å². The average Bonchev–Trinajstić information content (AvgIpc) is 2.78. The summed E-state index contributed by atoms with van der Waals surface area (Å²) in [5, 5.41) is 9.05. The highest BCUT2D eigenvalue weighted by Gasteiger charge is 2.60. The van der Waals surface area contributed by atoms with Gasteiger partial charge in [0, 0.05) is 25.5 Å². The summed E-state index contributed by atoms with van der Waals surface area (Å²) in [6.45, 7) is -0.151. The molecule has 1 saturated heterocycles. The number of alkyl halides is 6. The Labute approximate surface area is 190 Å². The third-order valence-corrected chi connectivity index (χ3v) is 5.57. The summed E-state index contributed by atoms with van der Waals surface area (Å²) in [6, 6.07) is 1.91.